The molecule has 6 nitrogen and oxygen atoms in total. The van der Waals surface area contributed by atoms with E-state index >= 15 is 0 Å². The molecule has 2 heterocycles. The number of rotatable bonds is 4. The highest BCUT2D eigenvalue weighted by atomic mass is 32.1. The SMILES string of the molecule is CCc1cc2c(=O)n(/N=C\c3ccc(C(=O)O)cc3)cnc2s1. The van der Waals surface area contributed by atoms with E-state index < -0.39 is 5.97 Å². The fourth-order valence-corrected chi connectivity index (χ4v) is 2.99. The summed E-state index contributed by atoms with van der Waals surface area (Å²) >= 11 is 1.51. The van der Waals surface area contributed by atoms with Crippen LogP contribution in [0.25, 0.3) is 10.2 Å². The molecule has 0 saturated heterocycles. The molecule has 0 fully saturated rings. The zero-order valence-electron chi connectivity index (χ0n) is 12.3. The molecule has 116 valence electrons. The zero-order valence-corrected chi connectivity index (χ0v) is 13.1. The van der Waals surface area contributed by atoms with E-state index in [4.69, 9.17) is 5.11 Å². The van der Waals surface area contributed by atoms with Crippen LogP contribution in [0.5, 0.6) is 0 Å². The summed E-state index contributed by atoms with van der Waals surface area (Å²) in [5.74, 6) is -0.983. The number of carbonyl (C=O) groups is 1. The van der Waals surface area contributed by atoms with Crippen molar-refractivity contribution in [2.24, 2.45) is 5.10 Å². The molecule has 0 unspecified atom stereocenters. The maximum atomic E-state index is 12.4. The Morgan fingerprint density at radius 1 is 1.39 bits per heavy atom. The van der Waals surface area contributed by atoms with Gasteiger partial charge in [0.1, 0.15) is 11.2 Å². The van der Waals surface area contributed by atoms with Crippen LogP contribution >= 0.6 is 11.3 Å². The highest BCUT2D eigenvalue weighted by Gasteiger charge is 2.07. The maximum Gasteiger partial charge on any atom is 0.335 e. The van der Waals surface area contributed by atoms with Crippen LogP contribution in [0.3, 0.4) is 0 Å². The Morgan fingerprint density at radius 2 is 2.13 bits per heavy atom. The second kappa shape index (κ2) is 6.13. The second-order valence-electron chi connectivity index (χ2n) is 4.85. The number of fused-ring (bicyclic) bond motifs is 1. The fraction of sp³-hybridized carbons (Fsp3) is 0.125. The van der Waals surface area contributed by atoms with E-state index in [0.29, 0.717) is 15.8 Å². The van der Waals surface area contributed by atoms with Gasteiger partial charge in [0, 0.05) is 4.88 Å². The number of aromatic carboxylic acids is 1. The van der Waals surface area contributed by atoms with Crippen LogP contribution in [0.4, 0.5) is 0 Å². The summed E-state index contributed by atoms with van der Waals surface area (Å²) in [6.07, 6.45) is 3.75. The molecule has 0 radical (unpaired) electrons. The first-order valence-corrected chi connectivity index (χ1v) is 7.78. The Balaban J connectivity index is 1.92. The van der Waals surface area contributed by atoms with Gasteiger partial charge in [0.05, 0.1) is 17.2 Å². The van der Waals surface area contributed by atoms with Crippen molar-refractivity contribution in [2.75, 3.05) is 0 Å². The molecule has 2 aromatic heterocycles. The first-order chi connectivity index (χ1) is 11.1. The van der Waals surface area contributed by atoms with Gasteiger partial charge in [-0.05, 0) is 30.2 Å². The summed E-state index contributed by atoms with van der Waals surface area (Å²) in [6.45, 7) is 2.03. The topological polar surface area (TPSA) is 84.5 Å². The van der Waals surface area contributed by atoms with Gasteiger partial charge in [-0.2, -0.15) is 9.78 Å². The Bertz CT molecular complexity index is 955. The highest BCUT2D eigenvalue weighted by Crippen LogP contribution is 2.20. The molecule has 0 amide bonds. The maximum absolute atomic E-state index is 12.4. The van der Waals surface area contributed by atoms with Gasteiger partial charge in [-0.25, -0.2) is 9.78 Å². The van der Waals surface area contributed by atoms with E-state index in [1.54, 1.807) is 12.1 Å². The molecule has 23 heavy (non-hydrogen) atoms. The van der Waals surface area contributed by atoms with Gasteiger partial charge in [-0.1, -0.05) is 19.1 Å². The van der Waals surface area contributed by atoms with Crippen LogP contribution in [-0.2, 0) is 6.42 Å². The van der Waals surface area contributed by atoms with Crippen molar-refractivity contribution in [3.05, 3.63) is 63.0 Å². The number of benzene rings is 1. The number of hydrogen-bond donors (Lipinski definition) is 1. The predicted octanol–water partition coefficient (Wildman–Crippen LogP) is 2.60. The minimum absolute atomic E-state index is 0.202. The average molecular weight is 327 g/mol. The lowest BCUT2D eigenvalue weighted by molar-refractivity contribution is 0.0697. The first kappa shape index (κ1) is 15.1. The average Bonchev–Trinajstić information content (AvgIpc) is 2.99. The minimum Gasteiger partial charge on any atom is -0.478 e. The molecule has 1 aromatic carbocycles. The Hall–Kier alpha value is -2.80. The second-order valence-corrected chi connectivity index (χ2v) is 5.97. The normalized spacial score (nSPS) is 11.3. The van der Waals surface area contributed by atoms with E-state index in [9.17, 15) is 9.59 Å². The highest BCUT2D eigenvalue weighted by molar-refractivity contribution is 7.18. The standard InChI is InChI=1S/C16H13N3O3S/c1-2-12-7-13-14(23-12)17-9-19(15(13)20)18-8-10-3-5-11(6-4-10)16(21)22/h3-9H,2H2,1H3,(H,21,22)/b18-8-. The van der Waals surface area contributed by atoms with Crippen LogP contribution in [0, 0.1) is 0 Å². The van der Waals surface area contributed by atoms with Crippen molar-refractivity contribution in [2.45, 2.75) is 13.3 Å². The molecular formula is C16H13N3O3S. The molecule has 0 aliphatic carbocycles. The molecule has 0 aliphatic heterocycles. The summed E-state index contributed by atoms with van der Waals surface area (Å²) < 4.78 is 1.18. The molecule has 0 atom stereocenters. The third kappa shape index (κ3) is 3.04. The molecular weight excluding hydrogens is 314 g/mol. The van der Waals surface area contributed by atoms with Crippen molar-refractivity contribution >= 4 is 33.7 Å². The van der Waals surface area contributed by atoms with Crippen molar-refractivity contribution < 1.29 is 9.90 Å². The lowest BCUT2D eigenvalue weighted by atomic mass is 10.1. The van der Waals surface area contributed by atoms with Crippen LogP contribution in [0.1, 0.15) is 27.7 Å². The monoisotopic (exact) mass is 327 g/mol. The zero-order chi connectivity index (χ0) is 16.4. The summed E-state index contributed by atoms with van der Waals surface area (Å²) in [7, 11) is 0. The van der Waals surface area contributed by atoms with Gasteiger partial charge in [0.15, 0.2) is 0 Å². The molecule has 0 spiro atoms. The molecule has 0 aliphatic rings. The number of carboxylic acids is 1. The van der Waals surface area contributed by atoms with Gasteiger partial charge in [-0.3, -0.25) is 4.79 Å². The molecule has 3 aromatic rings. The summed E-state index contributed by atoms with van der Waals surface area (Å²) in [4.78, 5) is 29.2. The lowest BCUT2D eigenvalue weighted by Gasteiger charge is -1.98. The third-order valence-corrected chi connectivity index (χ3v) is 4.51. The van der Waals surface area contributed by atoms with Crippen LogP contribution in [0.2, 0.25) is 0 Å². The largest absolute Gasteiger partial charge is 0.478 e. The number of carboxylic acid groups (broad SMARTS) is 1. The van der Waals surface area contributed by atoms with Crippen molar-refractivity contribution in [1.82, 2.24) is 9.66 Å². The Labute approximate surface area is 135 Å². The van der Waals surface area contributed by atoms with Crippen LogP contribution in [-0.4, -0.2) is 27.0 Å². The molecule has 3 rings (SSSR count). The minimum atomic E-state index is -0.983. The number of aromatic nitrogens is 2. The number of aryl methyl sites for hydroxylation is 1. The summed E-state index contributed by atoms with van der Waals surface area (Å²) in [6, 6.07) is 8.08. The van der Waals surface area contributed by atoms with Gasteiger partial charge >= 0.3 is 5.97 Å². The van der Waals surface area contributed by atoms with Crippen LogP contribution in [0.15, 0.2) is 46.6 Å². The molecule has 7 heteroatoms. The van der Waals surface area contributed by atoms with E-state index in [-0.39, 0.29) is 11.1 Å². The lowest BCUT2D eigenvalue weighted by Crippen LogP contribution is -2.16. The summed E-state index contributed by atoms with van der Waals surface area (Å²) in [5.41, 5.74) is 0.679. The Morgan fingerprint density at radius 3 is 2.78 bits per heavy atom. The van der Waals surface area contributed by atoms with Gasteiger partial charge < -0.3 is 5.11 Å². The van der Waals surface area contributed by atoms with Gasteiger partial charge in [0.2, 0.25) is 0 Å². The Kier molecular flexibility index (Phi) is 4.03. The molecule has 0 bridgehead atoms. The van der Waals surface area contributed by atoms with E-state index in [1.165, 1.54) is 40.7 Å². The van der Waals surface area contributed by atoms with Gasteiger partial charge in [-0.15, -0.1) is 11.3 Å². The molecule has 0 saturated carbocycles. The van der Waals surface area contributed by atoms with E-state index in [1.807, 2.05) is 13.0 Å². The fourth-order valence-electron chi connectivity index (χ4n) is 2.06. The van der Waals surface area contributed by atoms with E-state index in [0.717, 1.165) is 11.3 Å². The van der Waals surface area contributed by atoms with Crippen molar-refractivity contribution in [1.29, 1.82) is 0 Å². The smallest absolute Gasteiger partial charge is 0.335 e. The third-order valence-electron chi connectivity index (χ3n) is 3.32. The first-order valence-electron chi connectivity index (χ1n) is 6.96. The van der Waals surface area contributed by atoms with Crippen LogP contribution < -0.4 is 5.56 Å². The number of hydrogen-bond acceptors (Lipinski definition) is 5. The molecule has 1 N–H and O–H groups in total. The summed E-state index contributed by atoms with van der Waals surface area (Å²) in [5, 5.41) is 13.5. The number of thiophene rings is 1. The predicted molar refractivity (Wildman–Crippen MR) is 89.7 cm³/mol. The van der Waals surface area contributed by atoms with E-state index in [2.05, 4.69) is 10.1 Å². The quantitative estimate of drug-likeness (QED) is 0.747. The van der Waals surface area contributed by atoms with Gasteiger partial charge in [0.25, 0.3) is 5.56 Å². The van der Waals surface area contributed by atoms with Crippen molar-refractivity contribution in [3.63, 3.8) is 0 Å². The van der Waals surface area contributed by atoms with Crippen molar-refractivity contribution in [3.8, 4) is 0 Å². The number of nitrogens with zero attached hydrogens (tertiary/aromatic N) is 3.